The Bertz CT molecular complexity index is 1390. The summed E-state index contributed by atoms with van der Waals surface area (Å²) in [7, 11) is 0. The first-order chi connectivity index (χ1) is 21.9. The van der Waals surface area contributed by atoms with Crippen LogP contribution in [0.25, 0.3) is 11.1 Å². The molecule has 0 saturated heterocycles. The molecule has 0 aromatic heterocycles. The molecule has 0 spiro atoms. The van der Waals surface area contributed by atoms with Gasteiger partial charge in [0, 0.05) is 19.1 Å². The number of hydrogen-bond donors (Lipinski definition) is 0. The fraction of sp³-hybridized carbons (Fsp3) is 0.405. The molecule has 0 radical (unpaired) electrons. The monoisotopic (exact) mass is 601 g/mol. The largest absolute Gasteiger partial charge is 0.462 e. The molecule has 1 unspecified atom stereocenters. The molecule has 0 N–H and O–H groups in total. The lowest BCUT2D eigenvalue weighted by atomic mass is 9.75. The van der Waals surface area contributed by atoms with E-state index in [4.69, 9.17) is 4.74 Å². The minimum atomic E-state index is -0.197. The van der Waals surface area contributed by atoms with E-state index in [2.05, 4.69) is 148 Å². The van der Waals surface area contributed by atoms with Gasteiger partial charge in [-0.2, -0.15) is 0 Å². The van der Waals surface area contributed by atoms with Gasteiger partial charge < -0.3 is 4.74 Å². The third kappa shape index (κ3) is 9.41. The van der Waals surface area contributed by atoms with Gasteiger partial charge in [0.15, 0.2) is 0 Å². The summed E-state index contributed by atoms with van der Waals surface area (Å²) >= 11 is 0. The summed E-state index contributed by atoms with van der Waals surface area (Å²) in [5, 5.41) is 0. The average Bonchev–Trinajstić information content (AvgIpc) is 3.05. The summed E-state index contributed by atoms with van der Waals surface area (Å²) < 4.78 is 6.37. The average molecular weight is 602 g/mol. The van der Waals surface area contributed by atoms with Crippen LogP contribution >= 0.6 is 0 Å². The number of rotatable bonds is 13. The fourth-order valence-corrected chi connectivity index (χ4v) is 7.07. The van der Waals surface area contributed by atoms with Gasteiger partial charge in [-0.25, -0.2) is 0 Å². The first-order valence-corrected chi connectivity index (χ1v) is 17.0. The van der Waals surface area contributed by atoms with Crippen LogP contribution in [0.3, 0.4) is 0 Å². The van der Waals surface area contributed by atoms with Gasteiger partial charge in [0.25, 0.3) is 0 Å². The van der Waals surface area contributed by atoms with Crippen molar-refractivity contribution in [1.29, 1.82) is 0 Å². The van der Waals surface area contributed by atoms with E-state index in [1.165, 1.54) is 34.2 Å². The molecule has 1 fully saturated rings. The summed E-state index contributed by atoms with van der Waals surface area (Å²) in [6, 6.07) is 41.1. The molecule has 4 aromatic rings. The molecule has 1 aliphatic rings. The Kier molecular flexibility index (Phi) is 11.7. The smallest absolute Gasteiger partial charge is 0.308 e. The summed E-state index contributed by atoms with van der Waals surface area (Å²) in [6.45, 7) is 10.6. The highest BCUT2D eigenvalue weighted by atomic mass is 16.5. The second kappa shape index (κ2) is 16.0. The van der Waals surface area contributed by atoms with Crippen LogP contribution in [0.2, 0.25) is 0 Å². The Hall–Kier alpha value is -3.69. The highest BCUT2D eigenvalue weighted by molar-refractivity contribution is 5.72. The van der Waals surface area contributed by atoms with E-state index in [9.17, 15) is 4.79 Å². The second-order valence-electron chi connectivity index (χ2n) is 13.7. The van der Waals surface area contributed by atoms with Crippen molar-refractivity contribution in [3.05, 3.63) is 132 Å². The van der Waals surface area contributed by atoms with Crippen molar-refractivity contribution in [2.45, 2.75) is 85.0 Å². The van der Waals surface area contributed by atoms with Crippen LogP contribution in [0.15, 0.2) is 115 Å². The highest BCUT2D eigenvalue weighted by Crippen LogP contribution is 2.36. The first-order valence-electron chi connectivity index (χ1n) is 17.0. The number of hydrogen-bond acceptors (Lipinski definition) is 3. The molecule has 0 amide bonds. The van der Waals surface area contributed by atoms with E-state index in [0.717, 1.165) is 38.8 Å². The van der Waals surface area contributed by atoms with E-state index in [1.807, 2.05) is 0 Å². The Morgan fingerprint density at radius 2 is 1.24 bits per heavy atom. The SMILES string of the molecule is CC(C)[C@@H]1CC[C@@H](C)C[C@H]1OC(=O)[C@H](C)CC(Cc1ccc(-c2ccccc2)cc1)N(Cc1ccccc1)Cc1ccccc1. The van der Waals surface area contributed by atoms with E-state index in [-0.39, 0.29) is 24.0 Å². The van der Waals surface area contributed by atoms with Crippen molar-refractivity contribution in [3.63, 3.8) is 0 Å². The summed E-state index contributed by atoms with van der Waals surface area (Å²) in [4.78, 5) is 16.3. The molecule has 5 rings (SSSR count). The zero-order valence-corrected chi connectivity index (χ0v) is 27.6. The van der Waals surface area contributed by atoms with Gasteiger partial charge in [-0.3, -0.25) is 9.69 Å². The number of benzene rings is 4. The van der Waals surface area contributed by atoms with E-state index < -0.39 is 0 Å². The maximum Gasteiger partial charge on any atom is 0.308 e. The van der Waals surface area contributed by atoms with E-state index in [1.54, 1.807) is 0 Å². The molecule has 0 aliphatic heterocycles. The highest BCUT2D eigenvalue weighted by Gasteiger charge is 2.35. The normalized spacial score (nSPS) is 19.7. The van der Waals surface area contributed by atoms with Crippen molar-refractivity contribution in [1.82, 2.24) is 4.90 Å². The molecule has 4 aromatic carbocycles. The fourth-order valence-electron chi connectivity index (χ4n) is 7.07. The molecule has 3 heteroatoms. The van der Waals surface area contributed by atoms with Crippen molar-refractivity contribution >= 4 is 5.97 Å². The second-order valence-corrected chi connectivity index (χ2v) is 13.7. The number of carbonyl (C=O) groups is 1. The first kappa shape index (κ1) is 32.7. The van der Waals surface area contributed by atoms with Crippen LogP contribution in [0.1, 0.15) is 70.1 Å². The molecular formula is C42H51NO2. The van der Waals surface area contributed by atoms with Crippen LogP contribution in [0.4, 0.5) is 0 Å². The minimum Gasteiger partial charge on any atom is -0.462 e. The Morgan fingerprint density at radius 1 is 0.711 bits per heavy atom. The number of esters is 1. The molecule has 3 nitrogen and oxygen atoms in total. The van der Waals surface area contributed by atoms with Crippen LogP contribution < -0.4 is 0 Å². The maximum atomic E-state index is 13.8. The quantitative estimate of drug-likeness (QED) is 0.143. The predicted octanol–water partition coefficient (Wildman–Crippen LogP) is 10.00. The Labute approximate surface area is 271 Å². The van der Waals surface area contributed by atoms with Gasteiger partial charge in [-0.15, -0.1) is 0 Å². The van der Waals surface area contributed by atoms with Crippen LogP contribution in [0.5, 0.6) is 0 Å². The van der Waals surface area contributed by atoms with Crippen LogP contribution in [-0.2, 0) is 29.0 Å². The van der Waals surface area contributed by atoms with Gasteiger partial charge in [-0.1, -0.05) is 149 Å². The molecular weight excluding hydrogens is 550 g/mol. The lowest BCUT2D eigenvalue weighted by molar-refractivity contribution is -0.161. The number of carbonyl (C=O) groups excluding carboxylic acids is 1. The van der Waals surface area contributed by atoms with E-state index in [0.29, 0.717) is 17.8 Å². The zero-order valence-electron chi connectivity index (χ0n) is 27.6. The number of nitrogens with zero attached hydrogens (tertiary/aromatic N) is 1. The summed E-state index contributed by atoms with van der Waals surface area (Å²) in [5.41, 5.74) is 6.30. The lowest BCUT2D eigenvalue weighted by Gasteiger charge is -2.38. The van der Waals surface area contributed by atoms with Crippen molar-refractivity contribution in [3.8, 4) is 11.1 Å². The molecule has 45 heavy (non-hydrogen) atoms. The van der Waals surface area contributed by atoms with E-state index >= 15 is 0 Å². The topological polar surface area (TPSA) is 29.5 Å². The van der Waals surface area contributed by atoms with Crippen LogP contribution in [0, 0.1) is 23.7 Å². The maximum absolute atomic E-state index is 13.8. The molecule has 0 heterocycles. The molecule has 1 saturated carbocycles. The third-order valence-corrected chi connectivity index (χ3v) is 9.76. The molecule has 236 valence electrons. The zero-order chi connectivity index (χ0) is 31.6. The molecule has 1 aliphatic carbocycles. The standard InChI is InChI=1S/C42H51NO2/c1-31(2)40-25-20-32(3)26-41(40)45-42(44)33(4)27-39(28-34-21-23-38(24-22-34)37-18-12-7-13-19-37)43(29-35-14-8-5-9-15-35)30-36-16-10-6-11-17-36/h5-19,21-24,31-33,39-41H,20,25-30H2,1-4H3/t32-,33-,39?,40+,41-/m1/s1. The van der Waals surface area contributed by atoms with Crippen molar-refractivity contribution in [2.24, 2.45) is 23.7 Å². The minimum absolute atomic E-state index is 0.0254. The van der Waals surface area contributed by atoms with Gasteiger partial charge in [0.2, 0.25) is 0 Å². The number of ether oxygens (including phenoxy) is 1. The van der Waals surface area contributed by atoms with Gasteiger partial charge in [-0.05, 0) is 71.3 Å². The summed E-state index contributed by atoms with van der Waals surface area (Å²) in [5.74, 6) is 1.33. The third-order valence-electron chi connectivity index (χ3n) is 9.76. The lowest BCUT2D eigenvalue weighted by Crippen LogP contribution is -2.40. The van der Waals surface area contributed by atoms with Crippen molar-refractivity contribution < 1.29 is 9.53 Å². The van der Waals surface area contributed by atoms with Gasteiger partial charge >= 0.3 is 5.97 Å². The summed E-state index contributed by atoms with van der Waals surface area (Å²) in [6.07, 6.45) is 4.99. The van der Waals surface area contributed by atoms with Crippen LogP contribution in [-0.4, -0.2) is 23.0 Å². The van der Waals surface area contributed by atoms with Gasteiger partial charge in [0.05, 0.1) is 5.92 Å². The van der Waals surface area contributed by atoms with Gasteiger partial charge in [0.1, 0.15) is 6.10 Å². The Balaban J connectivity index is 1.39. The molecule has 0 bridgehead atoms. The Morgan fingerprint density at radius 3 is 1.80 bits per heavy atom. The van der Waals surface area contributed by atoms with Crippen molar-refractivity contribution in [2.75, 3.05) is 0 Å². The molecule has 5 atom stereocenters. The predicted molar refractivity (Wildman–Crippen MR) is 187 cm³/mol.